The first-order valence-electron chi connectivity index (χ1n) is 6.16. The smallest absolute Gasteiger partial charge is 0.358 e. The molecule has 0 unspecified atom stereocenters. The number of amides is 1. The summed E-state index contributed by atoms with van der Waals surface area (Å²) in [6.07, 6.45) is 2.32. The molecule has 0 aliphatic heterocycles. The number of carbonyl (C=O) groups is 2. The Morgan fingerprint density at radius 2 is 2.21 bits per heavy atom. The van der Waals surface area contributed by atoms with Crippen molar-refractivity contribution in [3.05, 3.63) is 23.5 Å². The zero-order valence-electron chi connectivity index (χ0n) is 10.7. The molecule has 6 nitrogen and oxygen atoms in total. The van der Waals surface area contributed by atoms with Gasteiger partial charge in [-0.3, -0.25) is 4.79 Å². The van der Waals surface area contributed by atoms with Crippen molar-refractivity contribution in [1.29, 1.82) is 0 Å². The standard InChI is InChI=1S/C13H16N2O4/c1-8-2-5-10(12(15-8)13(17)18)19-7-11(16)14-6-9-3-4-9/h2,5,9H,3-4,6-7H2,1H3,(H,14,16)(H,17,18). The second-order valence-electron chi connectivity index (χ2n) is 4.64. The van der Waals surface area contributed by atoms with E-state index in [2.05, 4.69) is 10.3 Å². The van der Waals surface area contributed by atoms with Crippen molar-refractivity contribution in [3.63, 3.8) is 0 Å². The van der Waals surface area contributed by atoms with Crippen LogP contribution in [0.2, 0.25) is 0 Å². The lowest BCUT2D eigenvalue weighted by Crippen LogP contribution is -2.30. The van der Waals surface area contributed by atoms with Crippen LogP contribution in [0, 0.1) is 12.8 Å². The van der Waals surface area contributed by atoms with Crippen LogP contribution >= 0.6 is 0 Å². The summed E-state index contributed by atoms with van der Waals surface area (Å²) in [4.78, 5) is 26.4. The number of aromatic carboxylic acids is 1. The van der Waals surface area contributed by atoms with E-state index in [1.54, 1.807) is 13.0 Å². The minimum absolute atomic E-state index is 0.111. The molecule has 1 saturated carbocycles. The Labute approximate surface area is 110 Å². The Morgan fingerprint density at radius 3 is 2.84 bits per heavy atom. The zero-order valence-corrected chi connectivity index (χ0v) is 10.7. The number of ether oxygens (including phenoxy) is 1. The second-order valence-corrected chi connectivity index (χ2v) is 4.64. The number of carboxylic acid groups (broad SMARTS) is 1. The van der Waals surface area contributed by atoms with Gasteiger partial charge in [0, 0.05) is 12.2 Å². The van der Waals surface area contributed by atoms with Gasteiger partial charge in [-0.05, 0) is 37.8 Å². The second kappa shape index (κ2) is 5.69. The van der Waals surface area contributed by atoms with Crippen molar-refractivity contribution < 1.29 is 19.4 Å². The zero-order chi connectivity index (χ0) is 13.8. The summed E-state index contributed by atoms with van der Waals surface area (Å²) in [6.45, 7) is 2.16. The molecule has 1 aromatic rings. The first-order valence-corrected chi connectivity index (χ1v) is 6.16. The van der Waals surface area contributed by atoms with E-state index >= 15 is 0 Å². The molecule has 0 spiro atoms. The molecule has 0 bridgehead atoms. The molecule has 1 fully saturated rings. The highest BCUT2D eigenvalue weighted by Gasteiger charge is 2.22. The van der Waals surface area contributed by atoms with Crippen LogP contribution in [0.3, 0.4) is 0 Å². The largest absolute Gasteiger partial charge is 0.481 e. The Bertz CT molecular complexity index is 497. The number of hydrogen-bond donors (Lipinski definition) is 2. The van der Waals surface area contributed by atoms with Gasteiger partial charge < -0.3 is 15.2 Å². The lowest BCUT2D eigenvalue weighted by molar-refractivity contribution is -0.123. The van der Waals surface area contributed by atoms with Gasteiger partial charge in [0.25, 0.3) is 5.91 Å². The van der Waals surface area contributed by atoms with E-state index in [1.165, 1.54) is 6.07 Å². The predicted molar refractivity (Wildman–Crippen MR) is 67.2 cm³/mol. The van der Waals surface area contributed by atoms with Crippen LogP contribution < -0.4 is 10.1 Å². The van der Waals surface area contributed by atoms with E-state index in [0.29, 0.717) is 18.2 Å². The van der Waals surface area contributed by atoms with Gasteiger partial charge in [0.2, 0.25) is 0 Å². The topological polar surface area (TPSA) is 88.5 Å². The van der Waals surface area contributed by atoms with E-state index < -0.39 is 5.97 Å². The third-order valence-electron chi connectivity index (χ3n) is 2.84. The summed E-state index contributed by atoms with van der Waals surface area (Å²) in [5, 5.41) is 11.7. The van der Waals surface area contributed by atoms with Gasteiger partial charge in [-0.1, -0.05) is 0 Å². The van der Waals surface area contributed by atoms with E-state index in [-0.39, 0.29) is 24.0 Å². The molecule has 1 aliphatic carbocycles. The fraction of sp³-hybridized carbons (Fsp3) is 0.462. The molecule has 0 saturated heterocycles. The molecule has 1 aromatic heterocycles. The fourth-order valence-electron chi connectivity index (χ4n) is 1.59. The van der Waals surface area contributed by atoms with Gasteiger partial charge in [-0.2, -0.15) is 0 Å². The molecule has 2 N–H and O–H groups in total. The number of nitrogens with zero attached hydrogens (tertiary/aromatic N) is 1. The molecule has 1 amide bonds. The maximum absolute atomic E-state index is 11.5. The Balaban J connectivity index is 1.90. The summed E-state index contributed by atoms with van der Waals surface area (Å²) in [5.41, 5.74) is 0.415. The van der Waals surface area contributed by atoms with Crippen LogP contribution in [0.5, 0.6) is 5.75 Å². The number of pyridine rings is 1. The first-order chi connectivity index (χ1) is 9.06. The van der Waals surface area contributed by atoms with Crippen molar-refractivity contribution in [1.82, 2.24) is 10.3 Å². The highest BCUT2D eigenvalue weighted by Crippen LogP contribution is 2.27. The van der Waals surface area contributed by atoms with Crippen LogP contribution in [0.25, 0.3) is 0 Å². The maximum Gasteiger partial charge on any atom is 0.358 e. The number of aromatic nitrogens is 1. The summed E-state index contributed by atoms with van der Waals surface area (Å²) in [7, 11) is 0. The normalized spacial score (nSPS) is 13.9. The summed E-state index contributed by atoms with van der Waals surface area (Å²) in [5.74, 6) is -0.708. The number of aryl methyl sites for hydroxylation is 1. The monoisotopic (exact) mass is 264 g/mol. The average Bonchev–Trinajstić information content (AvgIpc) is 3.18. The highest BCUT2D eigenvalue weighted by atomic mass is 16.5. The Kier molecular flexibility index (Phi) is 3.99. The predicted octanol–water partition coefficient (Wildman–Crippen LogP) is 0.993. The van der Waals surface area contributed by atoms with Gasteiger partial charge in [-0.25, -0.2) is 9.78 Å². The number of hydrogen-bond acceptors (Lipinski definition) is 4. The number of carbonyl (C=O) groups excluding carboxylic acids is 1. The van der Waals surface area contributed by atoms with Crippen LogP contribution in [0.1, 0.15) is 29.0 Å². The lowest BCUT2D eigenvalue weighted by Gasteiger charge is -2.09. The van der Waals surface area contributed by atoms with E-state index in [4.69, 9.17) is 9.84 Å². The summed E-state index contributed by atoms with van der Waals surface area (Å²) < 4.78 is 5.21. The van der Waals surface area contributed by atoms with Gasteiger partial charge in [0.05, 0.1) is 0 Å². The summed E-state index contributed by atoms with van der Waals surface area (Å²) >= 11 is 0. The first kappa shape index (κ1) is 13.3. The lowest BCUT2D eigenvalue weighted by atomic mass is 10.3. The van der Waals surface area contributed by atoms with E-state index in [0.717, 1.165) is 12.8 Å². The van der Waals surface area contributed by atoms with Crippen molar-refractivity contribution in [3.8, 4) is 5.75 Å². The maximum atomic E-state index is 11.5. The minimum atomic E-state index is -1.17. The average molecular weight is 264 g/mol. The molecular weight excluding hydrogens is 248 g/mol. The van der Waals surface area contributed by atoms with Gasteiger partial charge in [0.15, 0.2) is 18.1 Å². The molecule has 0 atom stereocenters. The van der Waals surface area contributed by atoms with Crippen LogP contribution in [-0.2, 0) is 4.79 Å². The SMILES string of the molecule is Cc1ccc(OCC(=O)NCC2CC2)c(C(=O)O)n1. The third-order valence-corrected chi connectivity index (χ3v) is 2.84. The van der Waals surface area contributed by atoms with Crippen molar-refractivity contribution in [2.45, 2.75) is 19.8 Å². The molecule has 0 aromatic carbocycles. The molecule has 19 heavy (non-hydrogen) atoms. The quantitative estimate of drug-likeness (QED) is 0.800. The Morgan fingerprint density at radius 1 is 1.47 bits per heavy atom. The third kappa shape index (κ3) is 3.94. The highest BCUT2D eigenvalue weighted by molar-refractivity contribution is 5.88. The molecule has 1 aliphatic rings. The van der Waals surface area contributed by atoms with Gasteiger partial charge in [-0.15, -0.1) is 0 Å². The van der Waals surface area contributed by atoms with Gasteiger partial charge in [0.1, 0.15) is 0 Å². The minimum Gasteiger partial charge on any atom is -0.481 e. The number of rotatable bonds is 6. The van der Waals surface area contributed by atoms with Crippen LogP contribution in [0.4, 0.5) is 0 Å². The van der Waals surface area contributed by atoms with Gasteiger partial charge >= 0.3 is 5.97 Å². The van der Waals surface area contributed by atoms with Crippen LogP contribution in [0.15, 0.2) is 12.1 Å². The van der Waals surface area contributed by atoms with Crippen molar-refractivity contribution >= 4 is 11.9 Å². The van der Waals surface area contributed by atoms with E-state index in [9.17, 15) is 9.59 Å². The molecule has 2 rings (SSSR count). The number of nitrogens with one attached hydrogen (secondary N) is 1. The molecule has 0 radical (unpaired) electrons. The summed E-state index contributed by atoms with van der Waals surface area (Å²) in [6, 6.07) is 3.16. The number of carboxylic acids is 1. The Hall–Kier alpha value is -2.11. The van der Waals surface area contributed by atoms with Crippen LogP contribution in [-0.4, -0.2) is 35.1 Å². The molecule has 1 heterocycles. The molecular formula is C13H16N2O4. The fourth-order valence-corrected chi connectivity index (χ4v) is 1.59. The van der Waals surface area contributed by atoms with Crippen molar-refractivity contribution in [2.24, 2.45) is 5.92 Å². The molecule has 6 heteroatoms. The molecule has 102 valence electrons. The van der Waals surface area contributed by atoms with E-state index in [1.807, 2.05) is 0 Å². The van der Waals surface area contributed by atoms with Crippen molar-refractivity contribution in [2.75, 3.05) is 13.2 Å².